The molecule has 5 heteroatoms. The van der Waals surface area contributed by atoms with Crippen molar-refractivity contribution in [1.29, 1.82) is 0 Å². The lowest BCUT2D eigenvalue weighted by Gasteiger charge is -2.15. The zero-order valence-electron chi connectivity index (χ0n) is 10.9. The molecule has 0 aliphatic rings. The van der Waals surface area contributed by atoms with Gasteiger partial charge in [-0.05, 0) is 31.5 Å². The second-order valence-corrected chi connectivity index (χ2v) is 4.53. The molecule has 0 aromatic heterocycles. The number of carbonyl (C=O) groups is 1. The van der Waals surface area contributed by atoms with Crippen molar-refractivity contribution in [2.75, 3.05) is 26.1 Å². The van der Waals surface area contributed by atoms with Crippen LogP contribution in [0.1, 0.15) is 23.7 Å². The van der Waals surface area contributed by atoms with E-state index in [2.05, 4.69) is 10.6 Å². The maximum absolute atomic E-state index is 12.1. The van der Waals surface area contributed by atoms with Crippen LogP contribution in [0.2, 0.25) is 5.02 Å². The van der Waals surface area contributed by atoms with Gasteiger partial charge in [-0.1, -0.05) is 11.6 Å². The normalized spacial score (nSPS) is 12.0. The molecule has 0 bridgehead atoms. The molecule has 1 unspecified atom stereocenters. The number of benzene rings is 1. The van der Waals surface area contributed by atoms with E-state index in [1.54, 1.807) is 32.4 Å². The molecular formula is C13H19ClN2O2. The number of hydrogen-bond acceptors (Lipinski definition) is 3. The standard InChI is InChI=1S/C13H19ClN2O2/c1-9(6-7-18-3)16-13(17)11-8-10(14)4-5-12(11)15-2/h4-5,8-9,15H,6-7H2,1-3H3,(H,16,17). The summed E-state index contributed by atoms with van der Waals surface area (Å²) in [7, 11) is 3.42. The Morgan fingerprint density at radius 2 is 2.22 bits per heavy atom. The molecule has 0 heterocycles. The zero-order chi connectivity index (χ0) is 13.5. The Balaban J connectivity index is 2.74. The van der Waals surface area contributed by atoms with Crippen LogP contribution < -0.4 is 10.6 Å². The Bertz CT molecular complexity index is 410. The van der Waals surface area contributed by atoms with E-state index in [0.29, 0.717) is 17.2 Å². The van der Waals surface area contributed by atoms with Crippen molar-refractivity contribution in [2.24, 2.45) is 0 Å². The lowest BCUT2D eigenvalue weighted by Crippen LogP contribution is -2.33. The van der Waals surface area contributed by atoms with E-state index in [1.165, 1.54) is 0 Å². The first-order valence-corrected chi connectivity index (χ1v) is 6.23. The molecule has 0 fully saturated rings. The van der Waals surface area contributed by atoms with Gasteiger partial charge in [0.05, 0.1) is 5.56 Å². The van der Waals surface area contributed by atoms with Gasteiger partial charge < -0.3 is 15.4 Å². The van der Waals surface area contributed by atoms with E-state index in [-0.39, 0.29) is 11.9 Å². The highest BCUT2D eigenvalue weighted by atomic mass is 35.5. The average molecular weight is 271 g/mol. The largest absolute Gasteiger partial charge is 0.387 e. The van der Waals surface area contributed by atoms with Crippen LogP contribution in [0.3, 0.4) is 0 Å². The van der Waals surface area contributed by atoms with Gasteiger partial charge in [-0.15, -0.1) is 0 Å². The Morgan fingerprint density at radius 1 is 1.50 bits per heavy atom. The molecule has 0 radical (unpaired) electrons. The minimum Gasteiger partial charge on any atom is -0.387 e. The van der Waals surface area contributed by atoms with Gasteiger partial charge in [0.2, 0.25) is 0 Å². The number of amides is 1. The first-order chi connectivity index (χ1) is 8.58. The van der Waals surface area contributed by atoms with Gasteiger partial charge in [0.15, 0.2) is 0 Å². The number of methoxy groups -OCH3 is 1. The van der Waals surface area contributed by atoms with E-state index in [9.17, 15) is 4.79 Å². The molecule has 2 N–H and O–H groups in total. The maximum Gasteiger partial charge on any atom is 0.253 e. The molecule has 1 aromatic rings. The second-order valence-electron chi connectivity index (χ2n) is 4.10. The van der Waals surface area contributed by atoms with E-state index in [1.807, 2.05) is 6.92 Å². The van der Waals surface area contributed by atoms with Crippen LogP contribution >= 0.6 is 11.6 Å². The first-order valence-electron chi connectivity index (χ1n) is 5.85. The third kappa shape index (κ3) is 4.20. The lowest BCUT2D eigenvalue weighted by atomic mass is 10.1. The summed E-state index contributed by atoms with van der Waals surface area (Å²) >= 11 is 5.91. The number of hydrogen-bond donors (Lipinski definition) is 2. The average Bonchev–Trinajstić information content (AvgIpc) is 2.36. The fourth-order valence-electron chi connectivity index (χ4n) is 1.59. The van der Waals surface area contributed by atoms with Crippen LogP contribution in [0, 0.1) is 0 Å². The van der Waals surface area contributed by atoms with Gasteiger partial charge >= 0.3 is 0 Å². The maximum atomic E-state index is 12.1. The molecule has 1 amide bonds. The van der Waals surface area contributed by atoms with E-state index >= 15 is 0 Å². The van der Waals surface area contributed by atoms with E-state index < -0.39 is 0 Å². The van der Waals surface area contributed by atoms with Crippen molar-refractivity contribution in [1.82, 2.24) is 5.32 Å². The van der Waals surface area contributed by atoms with Gasteiger partial charge in [0.1, 0.15) is 0 Å². The predicted molar refractivity (Wildman–Crippen MR) is 74.4 cm³/mol. The van der Waals surface area contributed by atoms with Crippen LogP contribution in [-0.2, 0) is 4.74 Å². The molecule has 1 atom stereocenters. The van der Waals surface area contributed by atoms with Crippen LogP contribution in [-0.4, -0.2) is 32.7 Å². The van der Waals surface area contributed by atoms with Crippen molar-refractivity contribution >= 4 is 23.2 Å². The summed E-state index contributed by atoms with van der Waals surface area (Å²) < 4.78 is 4.98. The quantitative estimate of drug-likeness (QED) is 0.835. The second kappa shape index (κ2) is 7.24. The summed E-state index contributed by atoms with van der Waals surface area (Å²) in [6.07, 6.45) is 0.775. The molecule has 0 saturated heterocycles. The molecule has 0 spiro atoms. The molecule has 1 aromatic carbocycles. The van der Waals surface area contributed by atoms with Crippen LogP contribution in [0.25, 0.3) is 0 Å². The number of carbonyl (C=O) groups excluding carboxylic acids is 1. The summed E-state index contributed by atoms with van der Waals surface area (Å²) in [6, 6.07) is 5.25. The first kappa shape index (κ1) is 14.8. The molecule has 100 valence electrons. The highest BCUT2D eigenvalue weighted by Crippen LogP contribution is 2.20. The monoisotopic (exact) mass is 270 g/mol. The number of nitrogens with one attached hydrogen (secondary N) is 2. The zero-order valence-corrected chi connectivity index (χ0v) is 11.7. The number of ether oxygens (including phenoxy) is 1. The molecule has 0 aliphatic heterocycles. The Hall–Kier alpha value is -1.26. The van der Waals surface area contributed by atoms with Crippen LogP contribution in [0.5, 0.6) is 0 Å². The van der Waals surface area contributed by atoms with Crippen LogP contribution in [0.15, 0.2) is 18.2 Å². The third-order valence-electron chi connectivity index (χ3n) is 2.63. The molecular weight excluding hydrogens is 252 g/mol. The summed E-state index contributed by atoms with van der Waals surface area (Å²) in [6.45, 7) is 2.57. The van der Waals surface area contributed by atoms with Gasteiger partial charge in [-0.2, -0.15) is 0 Å². The fraction of sp³-hybridized carbons (Fsp3) is 0.462. The van der Waals surface area contributed by atoms with Crippen molar-refractivity contribution in [3.8, 4) is 0 Å². The molecule has 4 nitrogen and oxygen atoms in total. The number of halogens is 1. The van der Waals surface area contributed by atoms with Crippen LogP contribution in [0.4, 0.5) is 5.69 Å². The Kier molecular flexibility index (Phi) is 5.95. The summed E-state index contributed by atoms with van der Waals surface area (Å²) in [4.78, 5) is 12.1. The number of rotatable bonds is 6. The minimum absolute atomic E-state index is 0.0566. The molecule has 1 rings (SSSR count). The SMILES string of the molecule is CNc1ccc(Cl)cc1C(=O)NC(C)CCOC. The summed E-state index contributed by atoms with van der Waals surface area (Å²) in [5, 5.41) is 6.44. The summed E-state index contributed by atoms with van der Waals surface area (Å²) in [5.41, 5.74) is 1.31. The van der Waals surface area contributed by atoms with Crippen molar-refractivity contribution in [3.05, 3.63) is 28.8 Å². The highest BCUT2D eigenvalue weighted by Gasteiger charge is 2.13. The lowest BCUT2D eigenvalue weighted by molar-refractivity contribution is 0.0930. The highest BCUT2D eigenvalue weighted by molar-refractivity contribution is 6.31. The van der Waals surface area contributed by atoms with Crippen molar-refractivity contribution in [2.45, 2.75) is 19.4 Å². The Labute approximate surface area is 113 Å². The predicted octanol–water partition coefficient (Wildman–Crippen LogP) is 2.54. The minimum atomic E-state index is -0.134. The van der Waals surface area contributed by atoms with Gasteiger partial charge in [-0.25, -0.2) is 0 Å². The van der Waals surface area contributed by atoms with Crippen molar-refractivity contribution in [3.63, 3.8) is 0 Å². The molecule has 0 saturated carbocycles. The summed E-state index contributed by atoms with van der Waals surface area (Å²) in [5.74, 6) is -0.134. The molecule has 18 heavy (non-hydrogen) atoms. The topological polar surface area (TPSA) is 50.4 Å². The van der Waals surface area contributed by atoms with E-state index in [0.717, 1.165) is 12.1 Å². The Morgan fingerprint density at radius 3 is 2.83 bits per heavy atom. The van der Waals surface area contributed by atoms with E-state index in [4.69, 9.17) is 16.3 Å². The fourth-order valence-corrected chi connectivity index (χ4v) is 1.76. The number of anilines is 1. The third-order valence-corrected chi connectivity index (χ3v) is 2.86. The van der Waals surface area contributed by atoms with Gasteiger partial charge in [0.25, 0.3) is 5.91 Å². The van der Waals surface area contributed by atoms with Gasteiger partial charge in [-0.3, -0.25) is 4.79 Å². The van der Waals surface area contributed by atoms with Crippen molar-refractivity contribution < 1.29 is 9.53 Å². The van der Waals surface area contributed by atoms with Gasteiger partial charge in [0, 0.05) is 37.5 Å². The molecule has 0 aliphatic carbocycles. The smallest absolute Gasteiger partial charge is 0.253 e.